The van der Waals surface area contributed by atoms with Gasteiger partial charge in [0.25, 0.3) is 0 Å². The van der Waals surface area contributed by atoms with Crippen molar-refractivity contribution in [2.75, 3.05) is 18.4 Å². The van der Waals surface area contributed by atoms with Crippen LogP contribution in [0.15, 0.2) is 41.3 Å². The lowest BCUT2D eigenvalue weighted by Crippen LogP contribution is -2.39. The number of hydrogen-bond acceptors (Lipinski definition) is 8. The van der Waals surface area contributed by atoms with Crippen LogP contribution in [0.2, 0.25) is 0 Å². The molecule has 0 radical (unpaired) electrons. The van der Waals surface area contributed by atoms with Crippen molar-refractivity contribution in [2.24, 2.45) is 5.14 Å². The van der Waals surface area contributed by atoms with Gasteiger partial charge in [0, 0.05) is 31.2 Å². The van der Waals surface area contributed by atoms with Crippen LogP contribution in [0.5, 0.6) is 11.6 Å². The molecule has 1 aliphatic carbocycles. The standard InChI is InChI=1S/C28H32N6O3S/c1-18-14-21(16-29)15-19(2)26(18)37-27-24-4-3-5-25(24)32-28(33-27)31-22-10-12-34(13-11-22)17-20-6-8-23(9-7-20)38(30,35)36/h6-9,14-15,22H,3-5,10-13,17H2,1-2H3,(H2,30,35,36)(H,31,32,33). The average Bonchev–Trinajstić information content (AvgIpc) is 3.36. The van der Waals surface area contributed by atoms with Gasteiger partial charge in [-0.15, -0.1) is 0 Å². The molecule has 9 nitrogen and oxygen atoms in total. The van der Waals surface area contributed by atoms with E-state index in [1.54, 1.807) is 12.1 Å². The number of nitrogens with zero attached hydrogens (tertiary/aromatic N) is 4. The van der Waals surface area contributed by atoms with Gasteiger partial charge in [0.05, 0.1) is 22.2 Å². The van der Waals surface area contributed by atoms with Gasteiger partial charge in [-0.2, -0.15) is 10.2 Å². The number of primary sulfonamides is 1. The first-order valence-corrected chi connectivity index (χ1v) is 14.4. The molecule has 5 rings (SSSR count). The Morgan fingerprint density at radius 1 is 1.11 bits per heavy atom. The number of nitrogens with one attached hydrogen (secondary N) is 1. The SMILES string of the molecule is Cc1cc(C#N)cc(C)c1Oc1nc(NC2CCN(Cc3ccc(S(N)(=O)=O)cc3)CC2)nc2c1CCC2. The van der Waals surface area contributed by atoms with Crippen LogP contribution in [0.3, 0.4) is 0 Å². The second kappa shape index (κ2) is 10.7. The lowest BCUT2D eigenvalue weighted by Gasteiger charge is -2.32. The lowest BCUT2D eigenvalue weighted by atomic mass is 10.0. The summed E-state index contributed by atoms with van der Waals surface area (Å²) in [6.07, 6.45) is 4.73. The summed E-state index contributed by atoms with van der Waals surface area (Å²) < 4.78 is 29.3. The molecule has 1 aromatic heterocycles. The van der Waals surface area contributed by atoms with Crippen molar-refractivity contribution >= 4 is 16.0 Å². The predicted molar refractivity (Wildman–Crippen MR) is 144 cm³/mol. The molecule has 0 bridgehead atoms. The van der Waals surface area contributed by atoms with Crippen molar-refractivity contribution in [3.05, 3.63) is 69.9 Å². The molecule has 1 aliphatic heterocycles. The number of sulfonamides is 1. The predicted octanol–water partition coefficient (Wildman–Crippen LogP) is 3.97. The van der Waals surface area contributed by atoms with Crippen molar-refractivity contribution < 1.29 is 13.2 Å². The summed E-state index contributed by atoms with van der Waals surface area (Å²) in [4.78, 5) is 12.1. The number of ether oxygens (including phenoxy) is 1. The number of benzene rings is 2. The first-order valence-electron chi connectivity index (χ1n) is 12.9. The van der Waals surface area contributed by atoms with Crippen molar-refractivity contribution in [3.63, 3.8) is 0 Å². The number of aryl methyl sites for hydroxylation is 3. The Morgan fingerprint density at radius 2 is 1.79 bits per heavy atom. The molecule has 10 heteroatoms. The summed E-state index contributed by atoms with van der Waals surface area (Å²) in [6, 6.07) is 12.9. The van der Waals surface area contributed by atoms with Crippen LogP contribution in [-0.2, 0) is 29.4 Å². The molecule has 1 fully saturated rings. The molecule has 2 heterocycles. The summed E-state index contributed by atoms with van der Waals surface area (Å²) in [5.74, 6) is 1.95. The fourth-order valence-electron chi connectivity index (χ4n) is 5.28. The van der Waals surface area contributed by atoms with Crippen LogP contribution < -0.4 is 15.2 Å². The highest BCUT2D eigenvalue weighted by molar-refractivity contribution is 7.89. The minimum atomic E-state index is -3.68. The van der Waals surface area contributed by atoms with Crippen molar-refractivity contribution in [1.29, 1.82) is 5.26 Å². The first kappa shape index (κ1) is 26.1. The molecule has 3 aromatic rings. The fraction of sp³-hybridized carbons (Fsp3) is 0.393. The zero-order valence-electron chi connectivity index (χ0n) is 21.7. The zero-order valence-corrected chi connectivity index (χ0v) is 22.5. The van der Waals surface area contributed by atoms with E-state index in [0.717, 1.165) is 85.4 Å². The number of piperidine rings is 1. The summed E-state index contributed by atoms with van der Waals surface area (Å²) in [5, 5.41) is 18.0. The highest BCUT2D eigenvalue weighted by atomic mass is 32.2. The third-order valence-electron chi connectivity index (χ3n) is 7.26. The molecule has 0 atom stereocenters. The number of nitriles is 1. The van der Waals surface area contributed by atoms with E-state index in [1.165, 1.54) is 0 Å². The molecule has 0 spiro atoms. The largest absolute Gasteiger partial charge is 0.438 e. The van der Waals surface area contributed by atoms with E-state index >= 15 is 0 Å². The number of hydrogen-bond donors (Lipinski definition) is 2. The first-order chi connectivity index (χ1) is 18.2. The van der Waals surface area contributed by atoms with Gasteiger partial charge in [-0.25, -0.2) is 18.5 Å². The minimum Gasteiger partial charge on any atom is -0.438 e. The fourth-order valence-corrected chi connectivity index (χ4v) is 5.80. The minimum absolute atomic E-state index is 0.131. The monoisotopic (exact) mass is 532 g/mol. The molecule has 198 valence electrons. The van der Waals surface area contributed by atoms with Crippen molar-refractivity contribution in [2.45, 2.75) is 63.4 Å². The second-order valence-corrected chi connectivity index (χ2v) is 11.7. The van der Waals surface area contributed by atoms with E-state index in [2.05, 4.69) is 16.3 Å². The molecule has 0 amide bonds. The Bertz CT molecular complexity index is 1470. The van der Waals surface area contributed by atoms with Crippen LogP contribution in [-0.4, -0.2) is 42.4 Å². The summed E-state index contributed by atoms with van der Waals surface area (Å²) in [5.41, 5.74) is 5.61. The Hall–Kier alpha value is -3.52. The topological polar surface area (TPSA) is 134 Å². The van der Waals surface area contributed by atoms with Gasteiger partial charge in [0.1, 0.15) is 5.75 Å². The maximum Gasteiger partial charge on any atom is 0.238 e. The molecular formula is C28H32N6O3S. The Morgan fingerprint density at radius 3 is 2.42 bits per heavy atom. The van der Waals surface area contributed by atoms with E-state index in [4.69, 9.17) is 19.8 Å². The van der Waals surface area contributed by atoms with Gasteiger partial charge in [0.2, 0.25) is 21.9 Å². The quantitative estimate of drug-likeness (QED) is 0.467. The van der Waals surface area contributed by atoms with Crippen LogP contribution in [0, 0.1) is 25.2 Å². The van der Waals surface area contributed by atoms with Crippen molar-refractivity contribution in [1.82, 2.24) is 14.9 Å². The third-order valence-corrected chi connectivity index (χ3v) is 8.19. The van der Waals surface area contributed by atoms with E-state index in [0.29, 0.717) is 17.4 Å². The van der Waals surface area contributed by atoms with Crippen molar-refractivity contribution in [3.8, 4) is 17.7 Å². The van der Waals surface area contributed by atoms with Gasteiger partial charge in [-0.05, 0) is 86.9 Å². The number of likely N-dealkylation sites (tertiary alicyclic amines) is 1. The summed E-state index contributed by atoms with van der Waals surface area (Å²) in [6.45, 7) is 6.48. The van der Waals surface area contributed by atoms with Gasteiger partial charge in [-0.1, -0.05) is 12.1 Å². The number of anilines is 1. The Balaban J connectivity index is 1.24. The lowest BCUT2D eigenvalue weighted by molar-refractivity contribution is 0.211. The van der Waals surface area contributed by atoms with Crippen LogP contribution in [0.25, 0.3) is 0 Å². The highest BCUT2D eigenvalue weighted by Crippen LogP contribution is 2.35. The van der Waals surface area contributed by atoms with Gasteiger partial charge in [-0.3, -0.25) is 4.90 Å². The third kappa shape index (κ3) is 5.80. The molecular weight excluding hydrogens is 500 g/mol. The Labute approximate surface area is 223 Å². The van der Waals surface area contributed by atoms with Crippen LogP contribution in [0.4, 0.5) is 5.95 Å². The maximum atomic E-state index is 11.5. The van der Waals surface area contributed by atoms with Gasteiger partial charge in [0.15, 0.2) is 0 Å². The van der Waals surface area contributed by atoms with Gasteiger partial charge < -0.3 is 10.1 Å². The van der Waals surface area contributed by atoms with Gasteiger partial charge >= 0.3 is 0 Å². The van der Waals surface area contributed by atoms with E-state index in [-0.39, 0.29) is 10.9 Å². The molecule has 1 saturated heterocycles. The normalized spacial score (nSPS) is 16.2. The second-order valence-electron chi connectivity index (χ2n) is 10.2. The smallest absolute Gasteiger partial charge is 0.238 e. The average molecular weight is 533 g/mol. The molecule has 2 aliphatic rings. The number of rotatable bonds is 7. The molecule has 3 N–H and O–H groups in total. The van der Waals surface area contributed by atoms with Crippen LogP contribution >= 0.6 is 0 Å². The molecule has 38 heavy (non-hydrogen) atoms. The molecule has 0 unspecified atom stereocenters. The van der Waals surface area contributed by atoms with E-state index < -0.39 is 10.0 Å². The summed E-state index contributed by atoms with van der Waals surface area (Å²) >= 11 is 0. The number of aromatic nitrogens is 2. The van der Waals surface area contributed by atoms with Crippen LogP contribution in [0.1, 0.15) is 52.8 Å². The van der Waals surface area contributed by atoms with E-state index in [9.17, 15) is 13.7 Å². The highest BCUT2D eigenvalue weighted by Gasteiger charge is 2.25. The molecule has 0 saturated carbocycles. The number of nitrogens with two attached hydrogens (primary N) is 1. The summed E-state index contributed by atoms with van der Waals surface area (Å²) in [7, 11) is -3.68. The number of fused-ring (bicyclic) bond motifs is 1. The van der Waals surface area contributed by atoms with E-state index in [1.807, 2.05) is 38.1 Å². The Kier molecular flexibility index (Phi) is 7.34. The molecule has 2 aromatic carbocycles. The zero-order chi connectivity index (χ0) is 26.9. The maximum absolute atomic E-state index is 11.5.